The van der Waals surface area contributed by atoms with E-state index in [-0.39, 0.29) is 16.9 Å². The van der Waals surface area contributed by atoms with Gasteiger partial charge < -0.3 is 5.32 Å². The zero-order valence-corrected chi connectivity index (χ0v) is 15.1. The molecule has 0 aliphatic heterocycles. The molecule has 0 aliphatic carbocycles. The second-order valence-corrected chi connectivity index (χ2v) is 7.09. The normalized spacial score (nSPS) is 11.4. The number of anilines is 1. The number of pyridine rings is 2. The van der Waals surface area contributed by atoms with Gasteiger partial charge in [0.25, 0.3) is 5.91 Å². The first kappa shape index (κ1) is 17.7. The average Bonchev–Trinajstić information content (AvgIpc) is 3.07. The molecule has 26 heavy (non-hydrogen) atoms. The van der Waals surface area contributed by atoms with Gasteiger partial charge in [0.2, 0.25) is 0 Å². The summed E-state index contributed by atoms with van der Waals surface area (Å²) in [5.74, 6) is -0.625. The van der Waals surface area contributed by atoms with E-state index in [4.69, 9.17) is 0 Å². The van der Waals surface area contributed by atoms with Crippen LogP contribution in [0.15, 0.2) is 42.9 Å². The number of carbonyl (C=O) groups excluding carboxylic acids is 1. The van der Waals surface area contributed by atoms with Gasteiger partial charge in [-0.15, -0.1) is 0 Å². The summed E-state index contributed by atoms with van der Waals surface area (Å²) in [7, 11) is 0. The smallest absolute Gasteiger partial charge is 0.275 e. The van der Waals surface area contributed by atoms with Crippen LogP contribution in [0.1, 0.15) is 42.5 Å². The number of carbonyl (C=O) groups is 1. The Hall–Kier alpha value is -3.09. The predicted octanol–water partition coefficient (Wildman–Crippen LogP) is 3.66. The molecular weight excluding hydrogens is 333 g/mol. The third kappa shape index (κ3) is 3.93. The molecule has 1 amide bonds. The summed E-state index contributed by atoms with van der Waals surface area (Å²) in [6, 6.07) is 6.14. The fourth-order valence-electron chi connectivity index (χ4n) is 2.38. The van der Waals surface area contributed by atoms with E-state index in [1.807, 2.05) is 25.4 Å². The molecule has 1 N–H and O–H groups in total. The van der Waals surface area contributed by atoms with Crippen molar-refractivity contribution in [2.24, 2.45) is 0 Å². The lowest BCUT2D eigenvalue weighted by molar-refractivity contribution is 0.102. The van der Waals surface area contributed by atoms with Gasteiger partial charge in [-0.25, -0.2) is 19.0 Å². The fourth-order valence-corrected chi connectivity index (χ4v) is 2.38. The molecule has 0 saturated carbocycles. The van der Waals surface area contributed by atoms with Gasteiger partial charge in [0.15, 0.2) is 0 Å². The minimum absolute atomic E-state index is 0.0191. The summed E-state index contributed by atoms with van der Waals surface area (Å²) >= 11 is 0. The van der Waals surface area contributed by atoms with Crippen molar-refractivity contribution in [1.82, 2.24) is 19.7 Å². The minimum Gasteiger partial charge on any atom is -0.305 e. The third-order valence-corrected chi connectivity index (χ3v) is 3.85. The van der Waals surface area contributed by atoms with Gasteiger partial charge in [0, 0.05) is 11.9 Å². The van der Waals surface area contributed by atoms with Crippen molar-refractivity contribution >= 4 is 11.7 Å². The van der Waals surface area contributed by atoms with Crippen molar-refractivity contribution in [2.75, 3.05) is 5.32 Å². The second kappa shape index (κ2) is 6.67. The zero-order chi connectivity index (χ0) is 18.9. The lowest BCUT2D eigenvalue weighted by atomic mass is 9.90. The van der Waals surface area contributed by atoms with Crippen molar-refractivity contribution in [2.45, 2.75) is 33.1 Å². The summed E-state index contributed by atoms with van der Waals surface area (Å²) in [5.41, 5.74) is 2.74. The van der Waals surface area contributed by atoms with Crippen molar-refractivity contribution in [3.05, 3.63) is 65.6 Å². The molecule has 3 rings (SSSR count). The van der Waals surface area contributed by atoms with E-state index in [0.29, 0.717) is 5.69 Å². The highest BCUT2D eigenvalue weighted by atomic mass is 19.1. The Morgan fingerprint density at radius 2 is 1.96 bits per heavy atom. The van der Waals surface area contributed by atoms with Crippen LogP contribution in [0.25, 0.3) is 5.69 Å². The Labute approximate surface area is 151 Å². The molecular formula is C19H20FN5O. The Balaban J connectivity index is 1.88. The first-order valence-corrected chi connectivity index (χ1v) is 8.19. The van der Waals surface area contributed by atoms with Crippen LogP contribution in [0.2, 0.25) is 0 Å². The monoisotopic (exact) mass is 353 g/mol. The number of aromatic nitrogens is 4. The minimum atomic E-state index is -0.465. The van der Waals surface area contributed by atoms with E-state index in [0.717, 1.165) is 17.4 Å². The molecule has 0 spiro atoms. The van der Waals surface area contributed by atoms with Gasteiger partial charge in [-0.2, -0.15) is 5.10 Å². The number of amides is 1. The van der Waals surface area contributed by atoms with Gasteiger partial charge in [-0.05, 0) is 42.2 Å². The van der Waals surface area contributed by atoms with E-state index in [1.54, 1.807) is 10.7 Å². The summed E-state index contributed by atoms with van der Waals surface area (Å²) in [4.78, 5) is 20.6. The molecule has 6 nitrogen and oxygen atoms in total. The van der Waals surface area contributed by atoms with E-state index < -0.39 is 11.7 Å². The van der Waals surface area contributed by atoms with E-state index in [9.17, 15) is 9.18 Å². The number of hydrogen-bond donors (Lipinski definition) is 1. The van der Waals surface area contributed by atoms with E-state index in [1.165, 1.54) is 12.1 Å². The molecule has 0 atom stereocenters. The van der Waals surface area contributed by atoms with Gasteiger partial charge in [0.1, 0.15) is 17.3 Å². The van der Waals surface area contributed by atoms with Gasteiger partial charge in [0.05, 0.1) is 18.1 Å². The molecule has 0 aromatic carbocycles. The summed E-state index contributed by atoms with van der Waals surface area (Å²) in [6.07, 6.45) is 4.80. The first-order chi connectivity index (χ1) is 12.2. The van der Waals surface area contributed by atoms with Crippen LogP contribution >= 0.6 is 0 Å². The standard InChI is InChI=1S/C19H20FN5O/c1-12-7-15(25-11-13(9-22-25)19(2,3)4)8-16(23-12)18(26)24-17-6-5-14(20)10-21-17/h5-11H,1-4H3,(H,21,24,26). The maximum atomic E-state index is 12.9. The number of nitrogens with one attached hydrogen (secondary N) is 1. The molecule has 0 fully saturated rings. The highest BCUT2D eigenvalue weighted by Gasteiger charge is 2.17. The number of hydrogen-bond acceptors (Lipinski definition) is 4. The van der Waals surface area contributed by atoms with Crippen LogP contribution < -0.4 is 5.32 Å². The highest BCUT2D eigenvalue weighted by molar-refractivity contribution is 6.02. The Bertz CT molecular complexity index is 941. The maximum absolute atomic E-state index is 12.9. The van der Waals surface area contributed by atoms with Crippen LogP contribution in [0, 0.1) is 12.7 Å². The van der Waals surface area contributed by atoms with Crippen LogP contribution in [-0.2, 0) is 5.41 Å². The maximum Gasteiger partial charge on any atom is 0.275 e. The Morgan fingerprint density at radius 3 is 2.58 bits per heavy atom. The molecule has 7 heteroatoms. The Morgan fingerprint density at radius 1 is 1.19 bits per heavy atom. The predicted molar refractivity (Wildman–Crippen MR) is 96.9 cm³/mol. The largest absolute Gasteiger partial charge is 0.305 e. The molecule has 3 aromatic heterocycles. The van der Waals surface area contributed by atoms with Crippen LogP contribution in [0.4, 0.5) is 10.2 Å². The van der Waals surface area contributed by atoms with E-state index in [2.05, 4.69) is 41.2 Å². The molecule has 0 aliphatic rings. The quantitative estimate of drug-likeness (QED) is 0.780. The van der Waals surface area contributed by atoms with Crippen molar-refractivity contribution in [1.29, 1.82) is 0 Å². The number of aryl methyl sites for hydroxylation is 1. The van der Waals surface area contributed by atoms with Gasteiger partial charge in [-0.3, -0.25) is 4.79 Å². The van der Waals surface area contributed by atoms with Crippen molar-refractivity contribution in [3.8, 4) is 5.69 Å². The van der Waals surface area contributed by atoms with Crippen LogP contribution in [0.3, 0.4) is 0 Å². The lowest BCUT2D eigenvalue weighted by Crippen LogP contribution is -2.16. The number of nitrogens with zero attached hydrogens (tertiary/aromatic N) is 4. The molecule has 0 unspecified atom stereocenters. The number of rotatable bonds is 3. The first-order valence-electron chi connectivity index (χ1n) is 8.19. The zero-order valence-electron chi connectivity index (χ0n) is 15.1. The van der Waals surface area contributed by atoms with Gasteiger partial charge >= 0.3 is 0 Å². The summed E-state index contributed by atoms with van der Waals surface area (Å²) in [5, 5.41) is 7.00. The van der Waals surface area contributed by atoms with E-state index >= 15 is 0 Å². The summed E-state index contributed by atoms with van der Waals surface area (Å²) in [6.45, 7) is 8.15. The summed E-state index contributed by atoms with van der Waals surface area (Å²) < 4.78 is 14.7. The fraction of sp³-hybridized carbons (Fsp3) is 0.263. The molecule has 0 bridgehead atoms. The molecule has 3 aromatic rings. The van der Waals surface area contributed by atoms with Gasteiger partial charge in [-0.1, -0.05) is 20.8 Å². The van der Waals surface area contributed by atoms with Crippen molar-refractivity contribution < 1.29 is 9.18 Å². The topological polar surface area (TPSA) is 72.7 Å². The number of halogens is 1. The third-order valence-electron chi connectivity index (χ3n) is 3.85. The molecule has 134 valence electrons. The lowest BCUT2D eigenvalue weighted by Gasteiger charge is -2.15. The SMILES string of the molecule is Cc1cc(-n2cc(C(C)(C)C)cn2)cc(C(=O)Nc2ccc(F)cn2)n1. The molecule has 3 heterocycles. The Kier molecular flexibility index (Phi) is 4.54. The second-order valence-electron chi connectivity index (χ2n) is 7.09. The van der Waals surface area contributed by atoms with Crippen LogP contribution in [-0.4, -0.2) is 25.7 Å². The molecule has 0 radical (unpaired) electrons. The van der Waals surface area contributed by atoms with Crippen molar-refractivity contribution in [3.63, 3.8) is 0 Å². The van der Waals surface area contributed by atoms with Crippen LogP contribution in [0.5, 0.6) is 0 Å². The molecule has 0 saturated heterocycles. The average molecular weight is 353 g/mol. The highest BCUT2D eigenvalue weighted by Crippen LogP contribution is 2.22.